The molecular formula is C20H26O4S. The van der Waals surface area contributed by atoms with E-state index in [1.54, 1.807) is 12.1 Å². The first-order chi connectivity index (χ1) is 12.0. The fourth-order valence-electron chi connectivity index (χ4n) is 2.72. The van der Waals surface area contributed by atoms with Gasteiger partial charge >= 0.3 is 0 Å². The van der Waals surface area contributed by atoms with Crippen molar-refractivity contribution in [2.75, 3.05) is 0 Å². The normalized spacial score (nSPS) is 11.4. The number of benzene rings is 2. The Hall–Kier alpha value is -1.85. The van der Waals surface area contributed by atoms with E-state index in [2.05, 4.69) is 6.92 Å². The van der Waals surface area contributed by atoms with E-state index in [-0.39, 0.29) is 4.90 Å². The molecule has 2 aromatic rings. The van der Waals surface area contributed by atoms with Crippen LogP contribution in [0.15, 0.2) is 53.4 Å². The molecule has 0 heterocycles. The first kappa shape index (κ1) is 19.5. The molecule has 0 bridgehead atoms. The zero-order valence-corrected chi connectivity index (χ0v) is 15.5. The lowest BCUT2D eigenvalue weighted by Gasteiger charge is -2.10. The molecule has 0 aliphatic heterocycles. The van der Waals surface area contributed by atoms with Crippen molar-refractivity contribution in [1.82, 2.24) is 0 Å². The summed E-state index contributed by atoms with van der Waals surface area (Å²) in [7, 11) is -4.26. The Morgan fingerprint density at radius 1 is 0.880 bits per heavy atom. The van der Waals surface area contributed by atoms with E-state index in [1.807, 2.05) is 24.3 Å². The smallest absolute Gasteiger partial charge is 0.294 e. The lowest BCUT2D eigenvalue weighted by molar-refractivity contribution is 0.470. The summed E-state index contributed by atoms with van der Waals surface area (Å²) >= 11 is 0. The number of para-hydroxylation sites is 1. The van der Waals surface area contributed by atoms with Gasteiger partial charge in [-0.05, 0) is 42.7 Å². The summed E-state index contributed by atoms with van der Waals surface area (Å²) in [4.78, 5) is -0.123. The molecule has 0 atom stereocenters. The van der Waals surface area contributed by atoms with Crippen LogP contribution in [-0.2, 0) is 16.5 Å². The average Bonchev–Trinajstić information content (AvgIpc) is 2.58. The van der Waals surface area contributed by atoms with Crippen LogP contribution < -0.4 is 4.74 Å². The predicted molar refractivity (Wildman–Crippen MR) is 99.9 cm³/mol. The van der Waals surface area contributed by atoms with E-state index in [4.69, 9.17) is 4.74 Å². The van der Waals surface area contributed by atoms with Crippen LogP contribution in [0.3, 0.4) is 0 Å². The SMILES string of the molecule is CCCCCCCCc1cc(Oc2ccccc2)cc(S(=O)(=O)O)c1. The van der Waals surface area contributed by atoms with E-state index in [0.717, 1.165) is 24.8 Å². The predicted octanol–water partition coefficient (Wildman–Crippen LogP) is 5.63. The van der Waals surface area contributed by atoms with Gasteiger partial charge in [0.2, 0.25) is 0 Å². The molecule has 25 heavy (non-hydrogen) atoms. The monoisotopic (exact) mass is 362 g/mol. The van der Waals surface area contributed by atoms with Gasteiger partial charge in [-0.3, -0.25) is 4.55 Å². The minimum Gasteiger partial charge on any atom is -0.457 e. The summed E-state index contributed by atoms with van der Waals surface area (Å²) in [5, 5.41) is 0. The van der Waals surface area contributed by atoms with Crippen molar-refractivity contribution in [3.05, 3.63) is 54.1 Å². The number of ether oxygens (including phenoxy) is 1. The third-order valence-corrected chi connectivity index (χ3v) is 4.87. The summed E-state index contributed by atoms with van der Waals surface area (Å²) in [6.45, 7) is 2.19. The third kappa shape index (κ3) is 6.88. The molecule has 136 valence electrons. The van der Waals surface area contributed by atoms with Crippen LogP contribution in [0.25, 0.3) is 0 Å². The molecule has 0 aliphatic carbocycles. The fraction of sp³-hybridized carbons (Fsp3) is 0.400. The standard InChI is InChI=1S/C20H26O4S/c1-2-3-4-5-6-8-11-17-14-19(16-20(15-17)25(21,22)23)24-18-12-9-7-10-13-18/h7,9-10,12-16H,2-6,8,11H2,1H3,(H,21,22,23). The van der Waals surface area contributed by atoms with Gasteiger partial charge in [0.25, 0.3) is 10.1 Å². The molecule has 0 fully saturated rings. The zero-order valence-electron chi connectivity index (χ0n) is 14.6. The lowest BCUT2D eigenvalue weighted by Crippen LogP contribution is -2.00. The molecule has 0 amide bonds. The molecule has 1 N–H and O–H groups in total. The summed E-state index contributed by atoms with van der Waals surface area (Å²) < 4.78 is 38.2. The fourth-order valence-corrected chi connectivity index (χ4v) is 3.28. The second kappa shape index (κ2) is 9.59. The molecule has 0 saturated heterocycles. The van der Waals surface area contributed by atoms with Crippen molar-refractivity contribution in [3.8, 4) is 11.5 Å². The van der Waals surface area contributed by atoms with Crippen LogP contribution in [0.4, 0.5) is 0 Å². The zero-order chi connectivity index (χ0) is 18.1. The minimum absolute atomic E-state index is 0.123. The third-order valence-electron chi connectivity index (χ3n) is 4.04. The molecule has 0 unspecified atom stereocenters. The maximum Gasteiger partial charge on any atom is 0.294 e. The van der Waals surface area contributed by atoms with Gasteiger partial charge in [-0.1, -0.05) is 57.2 Å². The maximum absolute atomic E-state index is 11.5. The highest BCUT2D eigenvalue weighted by Gasteiger charge is 2.13. The van der Waals surface area contributed by atoms with Gasteiger partial charge in [-0.25, -0.2) is 0 Å². The van der Waals surface area contributed by atoms with E-state index in [1.165, 1.54) is 37.8 Å². The molecule has 0 aromatic heterocycles. The second-order valence-electron chi connectivity index (χ2n) is 6.22. The van der Waals surface area contributed by atoms with E-state index >= 15 is 0 Å². The van der Waals surface area contributed by atoms with Crippen molar-refractivity contribution in [2.24, 2.45) is 0 Å². The lowest BCUT2D eigenvalue weighted by atomic mass is 10.0. The minimum atomic E-state index is -4.26. The van der Waals surface area contributed by atoms with Gasteiger partial charge in [-0.15, -0.1) is 0 Å². The van der Waals surface area contributed by atoms with Crippen LogP contribution in [0.2, 0.25) is 0 Å². The molecule has 2 aromatic carbocycles. The quantitative estimate of drug-likeness (QED) is 0.439. The van der Waals surface area contributed by atoms with Crippen molar-refractivity contribution < 1.29 is 17.7 Å². The Morgan fingerprint density at radius 3 is 2.24 bits per heavy atom. The Balaban J connectivity index is 2.08. The van der Waals surface area contributed by atoms with Gasteiger partial charge in [0.1, 0.15) is 11.5 Å². The Morgan fingerprint density at radius 2 is 1.56 bits per heavy atom. The van der Waals surface area contributed by atoms with Gasteiger partial charge < -0.3 is 4.74 Å². The highest BCUT2D eigenvalue weighted by atomic mass is 32.2. The number of hydrogen-bond acceptors (Lipinski definition) is 3. The molecule has 0 saturated carbocycles. The average molecular weight is 362 g/mol. The highest BCUT2D eigenvalue weighted by Crippen LogP contribution is 2.26. The molecule has 2 rings (SSSR count). The number of rotatable bonds is 10. The van der Waals surface area contributed by atoms with Crippen molar-refractivity contribution in [3.63, 3.8) is 0 Å². The Labute approximate surface area is 150 Å². The first-order valence-corrected chi connectivity index (χ1v) is 10.3. The highest BCUT2D eigenvalue weighted by molar-refractivity contribution is 7.85. The summed E-state index contributed by atoms with van der Waals surface area (Å²) in [6.07, 6.45) is 7.78. The Kier molecular flexibility index (Phi) is 7.47. The molecular weight excluding hydrogens is 336 g/mol. The van der Waals surface area contributed by atoms with E-state index < -0.39 is 10.1 Å². The first-order valence-electron chi connectivity index (χ1n) is 8.83. The van der Waals surface area contributed by atoms with Gasteiger partial charge in [0, 0.05) is 6.07 Å². The number of hydrogen-bond donors (Lipinski definition) is 1. The molecule has 0 aliphatic rings. The van der Waals surface area contributed by atoms with Crippen molar-refractivity contribution >= 4 is 10.1 Å². The van der Waals surface area contributed by atoms with Gasteiger partial charge in [0.15, 0.2) is 0 Å². The largest absolute Gasteiger partial charge is 0.457 e. The van der Waals surface area contributed by atoms with E-state index in [9.17, 15) is 13.0 Å². The van der Waals surface area contributed by atoms with Crippen molar-refractivity contribution in [2.45, 2.75) is 56.8 Å². The Bertz CT molecular complexity index is 755. The van der Waals surface area contributed by atoms with Gasteiger partial charge in [0.05, 0.1) is 4.90 Å². The van der Waals surface area contributed by atoms with Crippen LogP contribution in [0.1, 0.15) is 51.0 Å². The topological polar surface area (TPSA) is 63.6 Å². The molecule has 0 spiro atoms. The number of unbranched alkanes of at least 4 members (excludes halogenated alkanes) is 5. The molecule has 0 radical (unpaired) electrons. The second-order valence-corrected chi connectivity index (χ2v) is 7.64. The molecule has 4 nitrogen and oxygen atoms in total. The summed E-state index contributed by atoms with van der Waals surface area (Å²) in [5.74, 6) is 1.04. The number of aryl methyl sites for hydroxylation is 1. The van der Waals surface area contributed by atoms with Crippen LogP contribution in [0.5, 0.6) is 11.5 Å². The van der Waals surface area contributed by atoms with Gasteiger partial charge in [-0.2, -0.15) is 8.42 Å². The maximum atomic E-state index is 11.5. The molecule has 5 heteroatoms. The van der Waals surface area contributed by atoms with Crippen LogP contribution in [-0.4, -0.2) is 13.0 Å². The van der Waals surface area contributed by atoms with Crippen LogP contribution >= 0.6 is 0 Å². The van der Waals surface area contributed by atoms with Crippen LogP contribution in [0, 0.1) is 0 Å². The van der Waals surface area contributed by atoms with E-state index in [0.29, 0.717) is 11.5 Å². The summed E-state index contributed by atoms with van der Waals surface area (Å²) in [5.41, 5.74) is 0.858. The van der Waals surface area contributed by atoms with Crippen molar-refractivity contribution in [1.29, 1.82) is 0 Å². The summed E-state index contributed by atoms with van der Waals surface area (Å²) in [6, 6.07) is 13.9.